The van der Waals surface area contributed by atoms with Crippen LogP contribution in [0.3, 0.4) is 0 Å². The van der Waals surface area contributed by atoms with Gasteiger partial charge < -0.3 is 16.2 Å². The number of rotatable bonds is 7. The van der Waals surface area contributed by atoms with E-state index in [9.17, 15) is 9.59 Å². The fraction of sp³-hybridized carbons (Fsp3) is 0.818. The molecule has 0 spiro atoms. The average Bonchev–Trinajstić information content (AvgIpc) is 2.25. The zero-order valence-corrected chi connectivity index (χ0v) is 10.2. The third kappa shape index (κ3) is 4.61. The average molecular weight is 230 g/mol. The number of carboxylic acids is 1. The van der Waals surface area contributed by atoms with Gasteiger partial charge in [0, 0.05) is 0 Å². The van der Waals surface area contributed by atoms with Gasteiger partial charge in [-0.2, -0.15) is 0 Å². The van der Waals surface area contributed by atoms with Crippen molar-refractivity contribution in [3.63, 3.8) is 0 Å². The summed E-state index contributed by atoms with van der Waals surface area (Å²) in [5.41, 5.74) is 5.71. The zero-order chi connectivity index (χ0) is 12.7. The van der Waals surface area contributed by atoms with Crippen molar-refractivity contribution < 1.29 is 14.7 Å². The molecule has 94 valence electrons. The molecule has 0 bridgehead atoms. The summed E-state index contributed by atoms with van der Waals surface area (Å²) in [6.07, 6.45) is 1.92. The van der Waals surface area contributed by atoms with Crippen LogP contribution in [0.25, 0.3) is 0 Å². The molecule has 0 unspecified atom stereocenters. The van der Waals surface area contributed by atoms with Gasteiger partial charge in [0.1, 0.15) is 6.04 Å². The molecule has 0 saturated carbocycles. The molecular weight excluding hydrogens is 208 g/mol. The highest BCUT2D eigenvalue weighted by Gasteiger charge is 2.24. The second kappa shape index (κ2) is 7.22. The Labute approximate surface area is 96.4 Å². The van der Waals surface area contributed by atoms with Crippen molar-refractivity contribution in [2.24, 2.45) is 11.7 Å². The third-order valence-corrected chi connectivity index (χ3v) is 2.75. The lowest BCUT2D eigenvalue weighted by Gasteiger charge is -2.20. The van der Waals surface area contributed by atoms with Crippen molar-refractivity contribution in [3.8, 4) is 0 Å². The Morgan fingerprint density at radius 2 is 1.94 bits per heavy atom. The first-order chi connectivity index (χ1) is 7.43. The van der Waals surface area contributed by atoms with Crippen molar-refractivity contribution in [2.75, 3.05) is 0 Å². The highest BCUT2D eigenvalue weighted by atomic mass is 16.4. The maximum Gasteiger partial charge on any atom is 0.326 e. The van der Waals surface area contributed by atoms with Crippen molar-refractivity contribution in [1.29, 1.82) is 0 Å². The number of hydrogen-bond donors (Lipinski definition) is 3. The molecule has 16 heavy (non-hydrogen) atoms. The number of carbonyl (C=O) groups excluding carboxylic acids is 1. The molecule has 0 radical (unpaired) electrons. The fourth-order valence-electron chi connectivity index (χ4n) is 1.33. The van der Waals surface area contributed by atoms with E-state index in [-0.39, 0.29) is 11.8 Å². The highest BCUT2D eigenvalue weighted by Crippen LogP contribution is 2.06. The summed E-state index contributed by atoms with van der Waals surface area (Å²) >= 11 is 0. The molecule has 0 aromatic heterocycles. The van der Waals surface area contributed by atoms with E-state index in [0.717, 1.165) is 6.42 Å². The molecule has 0 heterocycles. The van der Waals surface area contributed by atoms with E-state index in [2.05, 4.69) is 5.32 Å². The predicted molar refractivity (Wildman–Crippen MR) is 61.9 cm³/mol. The lowest BCUT2D eigenvalue weighted by molar-refractivity contribution is -0.142. The van der Waals surface area contributed by atoms with Crippen LogP contribution in [0.1, 0.15) is 40.0 Å². The van der Waals surface area contributed by atoms with E-state index in [1.807, 2.05) is 20.8 Å². The number of carboxylic acid groups (broad SMARTS) is 1. The van der Waals surface area contributed by atoms with Gasteiger partial charge in [0.2, 0.25) is 5.91 Å². The van der Waals surface area contributed by atoms with Crippen LogP contribution in [0.15, 0.2) is 0 Å². The molecule has 1 amide bonds. The zero-order valence-electron chi connectivity index (χ0n) is 10.2. The Morgan fingerprint density at radius 3 is 2.31 bits per heavy atom. The van der Waals surface area contributed by atoms with Crippen LogP contribution in [0, 0.1) is 5.92 Å². The second-order valence-corrected chi connectivity index (χ2v) is 4.10. The molecule has 3 atom stereocenters. The lowest BCUT2D eigenvalue weighted by Crippen LogP contribution is -2.50. The van der Waals surface area contributed by atoms with Crippen LogP contribution in [0.2, 0.25) is 0 Å². The van der Waals surface area contributed by atoms with Crippen LogP contribution in [0.4, 0.5) is 0 Å². The van der Waals surface area contributed by atoms with Crippen LogP contribution >= 0.6 is 0 Å². The summed E-state index contributed by atoms with van der Waals surface area (Å²) in [7, 11) is 0. The minimum absolute atomic E-state index is 0.0519. The van der Waals surface area contributed by atoms with Crippen LogP contribution in [0.5, 0.6) is 0 Å². The van der Waals surface area contributed by atoms with Crippen LogP contribution in [-0.4, -0.2) is 29.1 Å². The normalized spacial score (nSPS) is 16.2. The standard InChI is InChI=1S/C11H22N2O3/c1-4-6-8(11(15)16)13-10(14)9(12)7(3)5-2/h7-9H,4-6,12H2,1-3H3,(H,13,14)(H,15,16)/t7-,8-,9-/m0/s1. The molecule has 0 aromatic carbocycles. The molecule has 0 aliphatic rings. The Kier molecular flexibility index (Phi) is 6.72. The maximum absolute atomic E-state index is 11.6. The quantitative estimate of drug-likeness (QED) is 0.601. The summed E-state index contributed by atoms with van der Waals surface area (Å²) in [5.74, 6) is -1.34. The molecule has 0 aliphatic carbocycles. The molecule has 5 heteroatoms. The van der Waals surface area contributed by atoms with Crippen LogP contribution in [-0.2, 0) is 9.59 Å². The molecule has 0 rings (SSSR count). The third-order valence-electron chi connectivity index (χ3n) is 2.75. The SMILES string of the molecule is CCC[C@H](NC(=O)[C@@H](N)[C@@H](C)CC)C(=O)O. The van der Waals surface area contributed by atoms with E-state index in [1.54, 1.807) is 0 Å². The molecule has 0 saturated heterocycles. The molecule has 0 fully saturated rings. The van der Waals surface area contributed by atoms with Crippen molar-refractivity contribution in [3.05, 3.63) is 0 Å². The first-order valence-corrected chi connectivity index (χ1v) is 5.72. The number of hydrogen-bond acceptors (Lipinski definition) is 3. The van der Waals surface area contributed by atoms with Gasteiger partial charge in [0.25, 0.3) is 0 Å². The molecule has 0 aromatic rings. The van der Waals surface area contributed by atoms with Gasteiger partial charge in [-0.05, 0) is 12.3 Å². The summed E-state index contributed by atoms with van der Waals surface area (Å²) in [6, 6.07) is -1.46. The van der Waals surface area contributed by atoms with Crippen molar-refractivity contribution in [1.82, 2.24) is 5.32 Å². The monoisotopic (exact) mass is 230 g/mol. The summed E-state index contributed by atoms with van der Waals surface area (Å²) < 4.78 is 0. The first-order valence-electron chi connectivity index (χ1n) is 5.72. The Balaban J connectivity index is 4.34. The summed E-state index contributed by atoms with van der Waals surface area (Å²) in [6.45, 7) is 5.69. The Hall–Kier alpha value is -1.10. The van der Waals surface area contributed by atoms with E-state index < -0.39 is 18.1 Å². The minimum atomic E-state index is -1.01. The van der Waals surface area contributed by atoms with Crippen molar-refractivity contribution in [2.45, 2.75) is 52.1 Å². The summed E-state index contributed by atoms with van der Waals surface area (Å²) in [4.78, 5) is 22.5. The van der Waals surface area contributed by atoms with Gasteiger partial charge in [-0.1, -0.05) is 33.6 Å². The Bertz CT molecular complexity index is 243. The molecule has 4 N–H and O–H groups in total. The summed E-state index contributed by atoms with van der Waals surface area (Å²) in [5, 5.41) is 11.3. The minimum Gasteiger partial charge on any atom is -0.480 e. The largest absolute Gasteiger partial charge is 0.480 e. The van der Waals surface area contributed by atoms with E-state index in [0.29, 0.717) is 12.8 Å². The van der Waals surface area contributed by atoms with E-state index >= 15 is 0 Å². The molecule has 5 nitrogen and oxygen atoms in total. The number of aliphatic carboxylic acids is 1. The second-order valence-electron chi connectivity index (χ2n) is 4.10. The number of carbonyl (C=O) groups is 2. The van der Waals surface area contributed by atoms with Crippen LogP contribution < -0.4 is 11.1 Å². The fourth-order valence-corrected chi connectivity index (χ4v) is 1.33. The first kappa shape index (κ1) is 14.9. The maximum atomic E-state index is 11.6. The number of nitrogens with two attached hydrogens (primary N) is 1. The van der Waals surface area contributed by atoms with E-state index in [4.69, 9.17) is 10.8 Å². The Morgan fingerprint density at radius 1 is 1.38 bits per heavy atom. The van der Waals surface area contributed by atoms with Gasteiger partial charge in [-0.25, -0.2) is 4.79 Å². The van der Waals surface area contributed by atoms with Gasteiger partial charge in [0.05, 0.1) is 6.04 Å². The molecular formula is C11H22N2O3. The number of amides is 1. The van der Waals surface area contributed by atoms with Gasteiger partial charge in [-0.3, -0.25) is 4.79 Å². The van der Waals surface area contributed by atoms with Gasteiger partial charge in [-0.15, -0.1) is 0 Å². The van der Waals surface area contributed by atoms with Gasteiger partial charge in [0.15, 0.2) is 0 Å². The highest BCUT2D eigenvalue weighted by molar-refractivity contribution is 5.86. The topological polar surface area (TPSA) is 92.4 Å². The molecule has 0 aliphatic heterocycles. The smallest absolute Gasteiger partial charge is 0.326 e. The number of nitrogens with one attached hydrogen (secondary N) is 1. The van der Waals surface area contributed by atoms with Crippen molar-refractivity contribution >= 4 is 11.9 Å². The van der Waals surface area contributed by atoms with E-state index in [1.165, 1.54) is 0 Å². The predicted octanol–water partition coefficient (Wildman–Crippen LogP) is 0.729. The van der Waals surface area contributed by atoms with Gasteiger partial charge >= 0.3 is 5.97 Å². The lowest BCUT2D eigenvalue weighted by atomic mass is 9.99.